The summed E-state index contributed by atoms with van der Waals surface area (Å²) in [5, 5.41) is 10.7. The zero-order valence-electron chi connectivity index (χ0n) is 29.8. The summed E-state index contributed by atoms with van der Waals surface area (Å²) in [7, 11) is 0. The Bertz CT molecular complexity index is 3000. The second-order valence-electron chi connectivity index (χ2n) is 15.3. The molecule has 0 heterocycles. The lowest BCUT2D eigenvalue weighted by Crippen LogP contribution is -2.15. The molecule has 248 valence electrons. The van der Waals surface area contributed by atoms with Crippen molar-refractivity contribution in [3.63, 3.8) is 0 Å². The molecule has 0 nitrogen and oxygen atoms in total. The molecule has 10 aromatic carbocycles. The van der Waals surface area contributed by atoms with Gasteiger partial charge < -0.3 is 0 Å². The molecule has 0 N–H and O–H groups in total. The molecule has 53 heavy (non-hydrogen) atoms. The number of hydrogen-bond donors (Lipinski definition) is 0. The molecule has 0 heteroatoms. The molecule has 0 aliphatic heterocycles. The normalized spacial score (nSPS) is 13.2. The van der Waals surface area contributed by atoms with Crippen LogP contribution >= 0.6 is 0 Å². The van der Waals surface area contributed by atoms with Crippen LogP contribution in [0.15, 0.2) is 182 Å². The predicted molar refractivity (Wildman–Crippen MR) is 227 cm³/mol. The largest absolute Gasteiger partial charge is 0.0622 e. The minimum atomic E-state index is -0.157. The fourth-order valence-corrected chi connectivity index (χ4v) is 9.35. The first-order valence-corrected chi connectivity index (χ1v) is 18.7. The van der Waals surface area contributed by atoms with Gasteiger partial charge in [-0.2, -0.15) is 0 Å². The van der Waals surface area contributed by atoms with Gasteiger partial charge in [-0.3, -0.25) is 0 Å². The third kappa shape index (κ3) is 4.49. The van der Waals surface area contributed by atoms with Gasteiger partial charge in [0, 0.05) is 5.41 Å². The second-order valence-corrected chi connectivity index (χ2v) is 15.3. The molecule has 0 amide bonds. The van der Waals surface area contributed by atoms with Crippen LogP contribution in [-0.4, -0.2) is 0 Å². The molecule has 0 aromatic heterocycles. The standard InChI is InChI=1S/C53H36/c1-53(2)49-31-36(40-29-38(33-12-5-3-6-13-33)28-39(30-40)34-14-7-4-8-15-34)21-23-44(49)45-24-22-37(32-50(45)53)41-26-27-48-43-18-10-9-17-42(43)46-19-11-16-35-20-25-47(41)52(48)51(35)46/h3-32H,1-2H3. The molecule has 0 fully saturated rings. The van der Waals surface area contributed by atoms with Crippen LogP contribution in [0.5, 0.6) is 0 Å². The topological polar surface area (TPSA) is 0 Å². The van der Waals surface area contributed by atoms with E-state index in [0.717, 1.165) is 0 Å². The average molecular weight is 673 g/mol. The Morgan fingerprint density at radius 2 is 0.774 bits per heavy atom. The first-order valence-electron chi connectivity index (χ1n) is 18.7. The van der Waals surface area contributed by atoms with Crippen LogP contribution in [0.2, 0.25) is 0 Å². The van der Waals surface area contributed by atoms with E-state index in [1.807, 2.05) is 0 Å². The Balaban J connectivity index is 1.05. The summed E-state index contributed by atoms with van der Waals surface area (Å²) in [5.74, 6) is 0. The molecular weight excluding hydrogens is 637 g/mol. The van der Waals surface area contributed by atoms with E-state index < -0.39 is 0 Å². The summed E-state index contributed by atoms with van der Waals surface area (Å²) in [6.07, 6.45) is 0. The first-order chi connectivity index (χ1) is 26.0. The molecule has 0 saturated heterocycles. The quantitative estimate of drug-likeness (QED) is 0.129. The molecular formula is C53H36. The highest BCUT2D eigenvalue weighted by Gasteiger charge is 2.36. The molecule has 1 aliphatic rings. The lowest BCUT2D eigenvalue weighted by atomic mass is 9.80. The molecule has 0 radical (unpaired) electrons. The van der Waals surface area contributed by atoms with E-state index in [9.17, 15) is 0 Å². The van der Waals surface area contributed by atoms with E-state index in [0.29, 0.717) is 0 Å². The van der Waals surface area contributed by atoms with Gasteiger partial charge in [0.25, 0.3) is 0 Å². The van der Waals surface area contributed by atoms with E-state index in [2.05, 4.69) is 196 Å². The van der Waals surface area contributed by atoms with Gasteiger partial charge >= 0.3 is 0 Å². The van der Waals surface area contributed by atoms with E-state index in [4.69, 9.17) is 0 Å². The minimum absolute atomic E-state index is 0.157. The van der Waals surface area contributed by atoms with Crippen molar-refractivity contribution >= 4 is 43.1 Å². The third-order valence-electron chi connectivity index (χ3n) is 12.0. The van der Waals surface area contributed by atoms with Gasteiger partial charge in [0.2, 0.25) is 0 Å². The first kappa shape index (κ1) is 30.2. The van der Waals surface area contributed by atoms with Crippen molar-refractivity contribution < 1.29 is 0 Å². The average Bonchev–Trinajstić information content (AvgIpc) is 3.45. The van der Waals surface area contributed by atoms with Crippen molar-refractivity contribution in [2.24, 2.45) is 0 Å². The summed E-state index contributed by atoms with van der Waals surface area (Å²) in [5.41, 5.74) is 15.3. The van der Waals surface area contributed by atoms with Crippen LogP contribution in [0.25, 0.3) is 98.7 Å². The zero-order chi connectivity index (χ0) is 35.3. The SMILES string of the molecule is CC1(C)c2cc(-c3cc(-c4ccccc4)cc(-c4ccccc4)c3)ccc2-c2ccc(-c3ccc4c5ccccc5c5cccc6ccc3c4c65)cc21. The molecule has 0 unspecified atom stereocenters. The van der Waals surface area contributed by atoms with Crippen LogP contribution in [0.1, 0.15) is 25.0 Å². The number of fused-ring (bicyclic) bond motifs is 6. The third-order valence-corrected chi connectivity index (χ3v) is 12.0. The summed E-state index contributed by atoms with van der Waals surface area (Å²) < 4.78 is 0. The smallest absolute Gasteiger partial charge is 0.0159 e. The van der Waals surface area contributed by atoms with Crippen molar-refractivity contribution in [3.8, 4) is 55.6 Å². The van der Waals surface area contributed by atoms with Crippen molar-refractivity contribution in [2.45, 2.75) is 19.3 Å². The number of rotatable bonds is 4. The second kappa shape index (κ2) is 11.2. The molecule has 0 saturated carbocycles. The maximum Gasteiger partial charge on any atom is 0.0159 e. The van der Waals surface area contributed by atoms with Crippen LogP contribution in [0.4, 0.5) is 0 Å². The van der Waals surface area contributed by atoms with Gasteiger partial charge in [-0.25, -0.2) is 0 Å². The van der Waals surface area contributed by atoms with Crippen molar-refractivity contribution in [1.29, 1.82) is 0 Å². The molecule has 0 atom stereocenters. The molecule has 0 spiro atoms. The van der Waals surface area contributed by atoms with E-state index in [1.165, 1.54) is 110 Å². The minimum Gasteiger partial charge on any atom is -0.0622 e. The van der Waals surface area contributed by atoms with Crippen LogP contribution in [0, 0.1) is 0 Å². The van der Waals surface area contributed by atoms with Crippen LogP contribution < -0.4 is 0 Å². The fraction of sp³-hybridized carbons (Fsp3) is 0.0566. The van der Waals surface area contributed by atoms with E-state index in [1.54, 1.807) is 0 Å². The highest BCUT2D eigenvalue weighted by molar-refractivity contribution is 6.35. The van der Waals surface area contributed by atoms with Crippen molar-refractivity contribution in [2.75, 3.05) is 0 Å². The van der Waals surface area contributed by atoms with Gasteiger partial charge in [0.05, 0.1) is 0 Å². The highest BCUT2D eigenvalue weighted by atomic mass is 14.4. The van der Waals surface area contributed by atoms with Gasteiger partial charge in [-0.1, -0.05) is 166 Å². The van der Waals surface area contributed by atoms with E-state index >= 15 is 0 Å². The van der Waals surface area contributed by atoms with Gasteiger partial charge in [-0.05, 0) is 140 Å². The molecule has 0 bridgehead atoms. The Hall–Kier alpha value is -6.50. The van der Waals surface area contributed by atoms with Gasteiger partial charge in [0.15, 0.2) is 0 Å². The Morgan fingerprint density at radius 1 is 0.283 bits per heavy atom. The van der Waals surface area contributed by atoms with Crippen molar-refractivity contribution in [1.82, 2.24) is 0 Å². The maximum absolute atomic E-state index is 2.48. The molecule has 11 rings (SSSR count). The molecule has 1 aliphatic carbocycles. The zero-order valence-corrected chi connectivity index (χ0v) is 29.8. The molecule has 10 aromatic rings. The highest BCUT2D eigenvalue weighted by Crippen LogP contribution is 2.52. The summed E-state index contributed by atoms with van der Waals surface area (Å²) in [6.45, 7) is 4.80. The predicted octanol–water partition coefficient (Wildman–Crippen LogP) is 14.7. The fourth-order valence-electron chi connectivity index (χ4n) is 9.35. The number of hydrogen-bond acceptors (Lipinski definition) is 0. The van der Waals surface area contributed by atoms with Gasteiger partial charge in [0.1, 0.15) is 0 Å². The maximum atomic E-state index is 2.48. The van der Waals surface area contributed by atoms with Crippen molar-refractivity contribution in [3.05, 3.63) is 193 Å². The van der Waals surface area contributed by atoms with Crippen LogP contribution in [0.3, 0.4) is 0 Å². The monoisotopic (exact) mass is 672 g/mol. The lowest BCUT2D eigenvalue weighted by molar-refractivity contribution is 0.661. The Kier molecular flexibility index (Phi) is 6.40. The number of benzene rings is 10. The summed E-state index contributed by atoms with van der Waals surface area (Å²) >= 11 is 0. The summed E-state index contributed by atoms with van der Waals surface area (Å²) in [6, 6.07) is 67.8. The van der Waals surface area contributed by atoms with Crippen LogP contribution in [-0.2, 0) is 5.41 Å². The summed E-state index contributed by atoms with van der Waals surface area (Å²) in [4.78, 5) is 0. The van der Waals surface area contributed by atoms with Gasteiger partial charge in [-0.15, -0.1) is 0 Å². The Labute approximate surface area is 310 Å². The Morgan fingerprint density at radius 3 is 1.42 bits per heavy atom. The lowest BCUT2D eigenvalue weighted by Gasteiger charge is -2.23. The van der Waals surface area contributed by atoms with E-state index in [-0.39, 0.29) is 5.41 Å².